The number of hydrogen-bond donors (Lipinski definition) is 1. The average molecular weight is 236 g/mol. The summed E-state index contributed by atoms with van der Waals surface area (Å²) in [5.74, 6) is -0.133. The Morgan fingerprint density at radius 2 is 2.18 bits per heavy atom. The summed E-state index contributed by atoms with van der Waals surface area (Å²) in [6, 6.07) is 6.14. The SMILES string of the molecule is CC1CCNC1C(=O)N(C)c1ccccc1F. The molecule has 1 amide bonds. The van der Waals surface area contributed by atoms with Crippen molar-refractivity contribution in [2.75, 3.05) is 18.5 Å². The van der Waals surface area contributed by atoms with Gasteiger partial charge in [-0.2, -0.15) is 0 Å². The van der Waals surface area contributed by atoms with Crippen LogP contribution in [-0.4, -0.2) is 25.5 Å². The normalized spacial score (nSPS) is 23.7. The van der Waals surface area contributed by atoms with Gasteiger partial charge in [0, 0.05) is 7.05 Å². The molecular weight excluding hydrogens is 219 g/mol. The Bertz CT molecular complexity index is 422. The number of likely N-dealkylation sites (N-methyl/N-ethyl adjacent to an activating group) is 1. The van der Waals surface area contributed by atoms with Crippen molar-refractivity contribution >= 4 is 11.6 Å². The fraction of sp³-hybridized carbons (Fsp3) is 0.462. The number of amides is 1. The summed E-state index contributed by atoms with van der Waals surface area (Å²) >= 11 is 0. The van der Waals surface area contributed by atoms with Gasteiger partial charge in [-0.15, -0.1) is 0 Å². The zero-order chi connectivity index (χ0) is 12.4. The van der Waals surface area contributed by atoms with E-state index in [-0.39, 0.29) is 17.8 Å². The van der Waals surface area contributed by atoms with Crippen LogP contribution in [0.15, 0.2) is 24.3 Å². The zero-order valence-electron chi connectivity index (χ0n) is 10.1. The highest BCUT2D eigenvalue weighted by molar-refractivity contribution is 5.97. The van der Waals surface area contributed by atoms with Gasteiger partial charge in [-0.1, -0.05) is 19.1 Å². The molecule has 0 aromatic heterocycles. The van der Waals surface area contributed by atoms with Gasteiger partial charge in [0.25, 0.3) is 0 Å². The van der Waals surface area contributed by atoms with Gasteiger partial charge in [0.15, 0.2) is 0 Å². The molecule has 1 heterocycles. The summed E-state index contributed by atoms with van der Waals surface area (Å²) in [4.78, 5) is 13.6. The molecule has 1 aliphatic heterocycles. The number of benzene rings is 1. The number of hydrogen-bond acceptors (Lipinski definition) is 2. The molecule has 1 N–H and O–H groups in total. The van der Waals surface area contributed by atoms with E-state index in [9.17, 15) is 9.18 Å². The van der Waals surface area contributed by atoms with Gasteiger partial charge in [0.1, 0.15) is 5.82 Å². The maximum atomic E-state index is 13.6. The van der Waals surface area contributed by atoms with Crippen molar-refractivity contribution in [3.05, 3.63) is 30.1 Å². The first-order chi connectivity index (χ1) is 8.11. The Morgan fingerprint density at radius 3 is 2.76 bits per heavy atom. The minimum atomic E-state index is -0.367. The maximum absolute atomic E-state index is 13.6. The first-order valence-corrected chi connectivity index (χ1v) is 5.86. The lowest BCUT2D eigenvalue weighted by Gasteiger charge is -2.23. The highest BCUT2D eigenvalue weighted by Gasteiger charge is 2.32. The van der Waals surface area contributed by atoms with Crippen molar-refractivity contribution in [3.8, 4) is 0 Å². The Balaban J connectivity index is 2.17. The number of halogens is 1. The maximum Gasteiger partial charge on any atom is 0.244 e. The van der Waals surface area contributed by atoms with Crippen LogP contribution in [0.5, 0.6) is 0 Å². The molecule has 4 heteroatoms. The largest absolute Gasteiger partial charge is 0.311 e. The van der Waals surface area contributed by atoms with E-state index in [0.29, 0.717) is 11.6 Å². The molecule has 1 saturated heterocycles. The van der Waals surface area contributed by atoms with Crippen LogP contribution >= 0.6 is 0 Å². The summed E-state index contributed by atoms with van der Waals surface area (Å²) in [7, 11) is 1.62. The molecular formula is C13H17FN2O. The van der Waals surface area contributed by atoms with Crippen LogP contribution in [0.1, 0.15) is 13.3 Å². The summed E-state index contributed by atoms with van der Waals surface area (Å²) in [6.45, 7) is 2.89. The molecule has 1 aromatic rings. The second-order valence-corrected chi connectivity index (χ2v) is 4.55. The lowest BCUT2D eigenvalue weighted by atomic mass is 10.0. The van der Waals surface area contributed by atoms with E-state index >= 15 is 0 Å². The van der Waals surface area contributed by atoms with E-state index in [4.69, 9.17) is 0 Å². The van der Waals surface area contributed by atoms with Gasteiger partial charge < -0.3 is 10.2 Å². The highest BCUT2D eigenvalue weighted by atomic mass is 19.1. The van der Waals surface area contributed by atoms with E-state index in [1.54, 1.807) is 25.2 Å². The summed E-state index contributed by atoms with van der Waals surface area (Å²) < 4.78 is 13.6. The van der Waals surface area contributed by atoms with Gasteiger partial charge in [0.2, 0.25) is 5.91 Å². The van der Waals surface area contributed by atoms with Gasteiger partial charge in [-0.3, -0.25) is 4.79 Å². The average Bonchev–Trinajstić information content (AvgIpc) is 2.74. The third-order valence-corrected chi connectivity index (χ3v) is 3.34. The molecule has 1 aromatic carbocycles. The first-order valence-electron chi connectivity index (χ1n) is 5.86. The number of carbonyl (C=O) groups excluding carboxylic acids is 1. The molecule has 92 valence electrons. The third kappa shape index (κ3) is 2.31. The van der Waals surface area contributed by atoms with E-state index in [2.05, 4.69) is 5.32 Å². The summed E-state index contributed by atoms with van der Waals surface area (Å²) in [6.07, 6.45) is 0.988. The monoisotopic (exact) mass is 236 g/mol. The highest BCUT2D eigenvalue weighted by Crippen LogP contribution is 2.22. The molecule has 2 unspecified atom stereocenters. The third-order valence-electron chi connectivity index (χ3n) is 3.34. The lowest BCUT2D eigenvalue weighted by molar-refractivity contribution is -0.120. The van der Waals surface area contributed by atoms with Crippen LogP contribution in [-0.2, 0) is 4.79 Å². The van der Waals surface area contributed by atoms with Crippen molar-refractivity contribution in [1.82, 2.24) is 5.32 Å². The van der Waals surface area contributed by atoms with Crippen LogP contribution in [0.2, 0.25) is 0 Å². The second kappa shape index (κ2) is 4.84. The van der Waals surface area contributed by atoms with E-state index < -0.39 is 0 Å². The molecule has 0 radical (unpaired) electrons. The number of nitrogens with one attached hydrogen (secondary N) is 1. The fourth-order valence-corrected chi connectivity index (χ4v) is 2.22. The summed E-state index contributed by atoms with van der Waals surface area (Å²) in [5.41, 5.74) is 0.332. The molecule has 0 bridgehead atoms. The molecule has 1 fully saturated rings. The van der Waals surface area contributed by atoms with Crippen LogP contribution in [0, 0.1) is 11.7 Å². The van der Waals surface area contributed by atoms with Gasteiger partial charge in [-0.25, -0.2) is 4.39 Å². The molecule has 2 atom stereocenters. The van der Waals surface area contributed by atoms with Crippen molar-refractivity contribution in [2.24, 2.45) is 5.92 Å². The number of rotatable bonds is 2. The van der Waals surface area contributed by atoms with Crippen LogP contribution in [0.4, 0.5) is 10.1 Å². The molecule has 17 heavy (non-hydrogen) atoms. The van der Waals surface area contributed by atoms with E-state index in [1.807, 2.05) is 6.92 Å². The predicted octanol–water partition coefficient (Wildman–Crippen LogP) is 1.79. The number of anilines is 1. The molecule has 0 aliphatic carbocycles. The van der Waals surface area contributed by atoms with Crippen molar-refractivity contribution in [2.45, 2.75) is 19.4 Å². The van der Waals surface area contributed by atoms with E-state index in [1.165, 1.54) is 11.0 Å². The smallest absolute Gasteiger partial charge is 0.244 e. The van der Waals surface area contributed by atoms with Crippen molar-refractivity contribution in [3.63, 3.8) is 0 Å². The molecule has 3 nitrogen and oxygen atoms in total. The van der Waals surface area contributed by atoms with Gasteiger partial charge in [-0.05, 0) is 31.0 Å². The number of para-hydroxylation sites is 1. The van der Waals surface area contributed by atoms with Gasteiger partial charge in [0.05, 0.1) is 11.7 Å². The lowest BCUT2D eigenvalue weighted by Crippen LogP contribution is -2.44. The molecule has 0 saturated carbocycles. The number of nitrogens with zero attached hydrogens (tertiary/aromatic N) is 1. The topological polar surface area (TPSA) is 32.3 Å². The Morgan fingerprint density at radius 1 is 1.47 bits per heavy atom. The minimum Gasteiger partial charge on any atom is -0.311 e. The van der Waals surface area contributed by atoms with Crippen molar-refractivity contribution in [1.29, 1.82) is 0 Å². The zero-order valence-corrected chi connectivity index (χ0v) is 10.1. The molecule has 2 rings (SSSR count). The number of carbonyl (C=O) groups is 1. The standard InChI is InChI=1S/C13H17FN2O/c1-9-7-8-15-12(9)13(17)16(2)11-6-4-3-5-10(11)14/h3-6,9,12,15H,7-8H2,1-2H3. The van der Waals surface area contributed by atoms with E-state index in [0.717, 1.165) is 13.0 Å². The van der Waals surface area contributed by atoms with Gasteiger partial charge >= 0.3 is 0 Å². The van der Waals surface area contributed by atoms with Crippen LogP contribution in [0.25, 0.3) is 0 Å². The van der Waals surface area contributed by atoms with Crippen LogP contribution < -0.4 is 10.2 Å². The molecule has 0 spiro atoms. The minimum absolute atomic E-state index is 0.0694. The second-order valence-electron chi connectivity index (χ2n) is 4.55. The Hall–Kier alpha value is -1.42. The molecule has 1 aliphatic rings. The first kappa shape index (κ1) is 12.0. The van der Waals surface area contributed by atoms with Crippen molar-refractivity contribution < 1.29 is 9.18 Å². The Kier molecular flexibility index (Phi) is 3.43. The summed E-state index contributed by atoms with van der Waals surface area (Å²) in [5, 5.41) is 3.16. The fourth-order valence-electron chi connectivity index (χ4n) is 2.22. The van der Waals surface area contributed by atoms with Crippen LogP contribution in [0.3, 0.4) is 0 Å². The Labute approximate surface area is 101 Å². The predicted molar refractivity (Wildman–Crippen MR) is 65.4 cm³/mol. The quantitative estimate of drug-likeness (QED) is 0.849.